The first-order valence-corrected chi connectivity index (χ1v) is 9.97. The molecule has 29 heavy (non-hydrogen) atoms. The van der Waals surface area contributed by atoms with Crippen LogP contribution in [0.5, 0.6) is 0 Å². The van der Waals surface area contributed by atoms with Gasteiger partial charge >= 0.3 is 0 Å². The summed E-state index contributed by atoms with van der Waals surface area (Å²) in [6.07, 6.45) is 2.09. The van der Waals surface area contributed by atoms with Crippen molar-refractivity contribution in [2.24, 2.45) is 10.7 Å². The van der Waals surface area contributed by atoms with Gasteiger partial charge in [0.15, 0.2) is 11.7 Å². The number of hydrogen-bond acceptors (Lipinski definition) is 5. The largest absolute Gasteiger partial charge is 0.370 e. The summed E-state index contributed by atoms with van der Waals surface area (Å²) in [4.78, 5) is 6.36. The molecule has 0 fully saturated rings. The number of rotatable bonds is 5. The molecule has 1 atom stereocenters. The molecule has 0 spiro atoms. The van der Waals surface area contributed by atoms with E-state index in [1.165, 1.54) is 0 Å². The van der Waals surface area contributed by atoms with Crippen molar-refractivity contribution in [2.75, 3.05) is 13.1 Å². The molecule has 0 saturated heterocycles. The third-order valence-corrected chi connectivity index (χ3v) is 5.38. The molecule has 0 amide bonds. The first-order valence-electron chi connectivity index (χ1n) is 9.97. The lowest BCUT2D eigenvalue weighted by atomic mass is 9.94. The molecular weight excluding hydrogens is 367 g/mol. The van der Waals surface area contributed by atoms with E-state index in [2.05, 4.69) is 10.1 Å². The lowest BCUT2D eigenvalue weighted by molar-refractivity contribution is 0.313. The van der Waals surface area contributed by atoms with Crippen molar-refractivity contribution in [1.29, 1.82) is 0 Å². The first-order chi connectivity index (χ1) is 14.1. The molecule has 2 heterocycles. The van der Waals surface area contributed by atoms with Crippen molar-refractivity contribution in [3.8, 4) is 11.1 Å². The van der Waals surface area contributed by atoms with E-state index in [-0.39, 0.29) is 11.7 Å². The van der Waals surface area contributed by atoms with Crippen molar-refractivity contribution in [3.63, 3.8) is 0 Å². The van der Waals surface area contributed by atoms with Crippen LogP contribution < -0.4 is 5.73 Å². The predicted octanol–water partition coefficient (Wildman–Crippen LogP) is 4.54. The Morgan fingerprint density at radius 3 is 2.76 bits per heavy atom. The standard InChI is InChI=1S/C23H25FN4O/c1-16(18-9-10-20(21(24)13-18)17-7-3-2-4-8-17)22-14-19(29-27-22)15-28-12-6-5-11-26-23(28)25/h2-4,7-10,13-14,16H,5-6,11-12,15H2,1H3,(H2,25,26). The molecular formula is C23H25FN4O. The molecule has 4 rings (SSSR count). The van der Waals surface area contributed by atoms with Crippen LogP contribution in [0.3, 0.4) is 0 Å². The molecule has 1 aliphatic heterocycles. The number of halogens is 1. The van der Waals surface area contributed by atoms with Gasteiger partial charge in [0.1, 0.15) is 5.82 Å². The Hall–Kier alpha value is -3.15. The topological polar surface area (TPSA) is 67.7 Å². The SMILES string of the molecule is CC(c1ccc(-c2ccccc2)c(F)c1)c1cc(CN2CCCCN=C2N)on1. The summed E-state index contributed by atoms with van der Waals surface area (Å²) < 4.78 is 20.3. The zero-order chi connectivity index (χ0) is 20.2. The molecule has 150 valence electrons. The second-order valence-electron chi connectivity index (χ2n) is 7.41. The summed E-state index contributed by atoms with van der Waals surface area (Å²) in [6.45, 7) is 4.16. The molecule has 2 aromatic carbocycles. The Morgan fingerprint density at radius 1 is 1.14 bits per heavy atom. The van der Waals surface area contributed by atoms with E-state index in [4.69, 9.17) is 10.3 Å². The van der Waals surface area contributed by atoms with Crippen molar-refractivity contribution in [3.05, 3.63) is 77.4 Å². The van der Waals surface area contributed by atoms with E-state index in [0.29, 0.717) is 18.1 Å². The van der Waals surface area contributed by atoms with Crippen LogP contribution in [0.4, 0.5) is 4.39 Å². The van der Waals surface area contributed by atoms with E-state index >= 15 is 0 Å². The first kappa shape index (κ1) is 19.2. The van der Waals surface area contributed by atoms with E-state index in [9.17, 15) is 4.39 Å². The van der Waals surface area contributed by atoms with Crippen LogP contribution >= 0.6 is 0 Å². The second-order valence-corrected chi connectivity index (χ2v) is 7.41. The van der Waals surface area contributed by atoms with E-state index < -0.39 is 0 Å². The molecule has 0 saturated carbocycles. The summed E-state index contributed by atoms with van der Waals surface area (Å²) in [7, 11) is 0. The molecule has 1 aromatic heterocycles. The maximum Gasteiger partial charge on any atom is 0.191 e. The number of nitrogens with zero attached hydrogens (tertiary/aromatic N) is 3. The van der Waals surface area contributed by atoms with Gasteiger partial charge in [0.2, 0.25) is 0 Å². The normalized spacial score (nSPS) is 15.7. The fourth-order valence-corrected chi connectivity index (χ4v) is 3.60. The van der Waals surface area contributed by atoms with E-state index in [0.717, 1.165) is 48.5 Å². The summed E-state index contributed by atoms with van der Waals surface area (Å²) >= 11 is 0. The van der Waals surface area contributed by atoms with Crippen molar-refractivity contribution in [2.45, 2.75) is 32.2 Å². The van der Waals surface area contributed by atoms with Gasteiger partial charge in [-0.05, 0) is 30.0 Å². The van der Waals surface area contributed by atoms with Crippen LogP contribution in [-0.2, 0) is 6.54 Å². The lowest BCUT2D eigenvalue weighted by Gasteiger charge is -2.19. The fourth-order valence-electron chi connectivity index (χ4n) is 3.60. The zero-order valence-electron chi connectivity index (χ0n) is 16.5. The highest BCUT2D eigenvalue weighted by molar-refractivity contribution is 5.78. The molecule has 0 aliphatic carbocycles. The van der Waals surface area contributed by atoms with Crippen LogP contribution in [0.2, 0.25) is 0 Å². The second kappa shape index (κ2) is 8.47. The third kappa shape index (κ3) is 4.31. The van der Waals surface area contributed by atoms with Gasteiger partial charge in [-0.15, -0.1) is 0 Å². The molecule has 3 aromatic rings. The Bertz CT molecular complexity index is 999. The number of aliphatic imine (C=N–C) groups is 1. The highest BCUT2D eigenvalue weighted by atomic mass is 19.1. The van der Waals surface area contributed by atoms with E-state index in [1.807, 2.05) is 60.4 Å². The van der Waals surface area contributed by atoms with Gasteiger partial charge in [-0.1, -0.05) is 54.5 Å². The van der Waals surface area contributed by atoms with Crippen LogP contribution in [0, 0.1) is 5.82 Å². The minimum atomic E-state index is -0.238. The van der Waals surface area contributed by atoms with Gasteiger partial charge in [-0.3, -0.25) is 4.99 Å². The Balaban J connectivity index is 1.50. The van der Waals surface area contributed by atoms with E-state index in [1.54, 1.807) is 6.07 Å². The maximum atomic E-state index is 14.7. The van der Waals surface area contributed by atoms with Crippen LogP contribution in [0.15, 0.2) is 64.1 Å². The van der Waals surface area contributed by atoms with Gasteiger partial charge in [0, 0.05) is 30.6 Å². The monoisotopic (exact) mass is 392 g/mol. The average Bonchev–Trinajstić information content (AvgIpc) is 3.11. The number of benzene rings is 2. The molecule has 5 nitrogen and oxygen atoms in total. The predicted molar refractivity (Wildman–Crippen MR) is 112 cm³/mol. The van der Waals surface area contributed by atoms with Gasteiger partial charge in [-0.25, -0.2) is 4.39 Å². The van der Waals surface area contributed by atoms with Gasteiger partial charge in [0.25, 0.3) is 0 Å². The third-order valence-electron chi connectivity index (χ3n) is 5.38. The number of aromatic nitrogens is 1. The zero-order valence-corrected chi connectivity index (χ0v) is 16.5. The quantitative estimate of drug-likeness (QED) is 0.692. The summed E-state index contributed by atoms with van der Waals surface area (Å²) in [5.41, 5.74) is 9.13. The highest BCUT2D eigenvalue weighted by Gasteiger charge is 2.19. The van der Waals surface area contributed by atoms with Crippen LogP contribution in [-0.4, -0.2) is 29.1 Å². The Labute approximate surface area is 170 Å². The summed E-state index contributed by atoms with van der Waals surface area (Å²) in [5, 5.41) is 4.21. The molecule has 1 aliphatic rings. The molecule has 6 heteroatoms. The minimum absolute atomic E-state index is 0.0815. The fraction of sp³-hybridized carbons (Fsp3) is 0.304. The van der Waals surface area contributed by atoms with Crippen molar-refractivity contribution >= 4 is 5.96 Å². The Morgan fingerprint density at radius 2 is 1.97 bits per heavy atom. The van der Waals surface area contributed by atoms with Crippen molar-refractivity contribution in [1.82, 2.24) is 10.1 Å². The molecule has 0 bridgehead atoms. The average molecular weight is 392 g/mol. The maximum absolute atomic E-state index is 14.7. The van der Waals surface area contributed by atoms with Gasteiger partial charge in [-0.2, -0.15) is 0 Å². The summed E-state index contributed by atoms with van der Waals surface area (Å²) in [5.74, 6) is 0.958. The van der Waals surface area contributed by atoms with Crippen LogP contribution in [0.25, 0.3) is 11.1 Å². The Kier molecular flexibility index (Phi) is 5.60. The van der Waals surface area contributed by atoms with Gasteiger partial charge < -0.3 is 15.2 Å². The molecule has 0 radical (unpaired) electrons. The summed E-state index contributed by atoms with van der Waals surface area (Å²) in [6, 6.07) is 16.8. The number of guanidine groups is 1. The van der Waals surface area contributed by atoms with Crippen LogP contribution in [0.1, 0.15) is 42.7 Å². The van der Waals surface area contributed by atoms with Crippen molar-refractivity contribution < 1.29 is 8.91 Å². The highest BCUT2D eigenvalue weighted by Crippen LogP contribution is 2.29. The number of hydrogen-bond donors (Lipinski definition) is 1. The molecule has 1 unspecified atom stereocenters. The smallest absolute Gasteiger partial charge is 0.191 e. The lowest BCUT2D eigenvalue weighted by Crippen LogP contribution is -2.36. The molecule has 2 N–H and O–H groups in total. The van der Waals surface area contributed by atoms with Gasteiger partial charge in [0.05, 0.1) is 12.2 Å². The minimum Gasteiger partial charge on any atom is -0.370 e. The number of nitrogens with two attached hydrogens (primary N) is 1.